The first kappa shape index (κ1) is 11.7. The van der Waals surface area contributed by atoms with Gasteiger partial charge in [0, 0.05) is 19.6 Å². The van der Waals surface area contributed by atoms with Gasteiger partial charge in [-0.3, -0.25) is 0 Å². The fraction of sp³-hybridized carbons (Fsp3) is 0.417. The molecule has 0 atom stereocenters. The van der Waals surface area contributed by atoms with Crippen molar-refractivity contribution in [2.75, 3.05) is 13.1 Å². The van der Waals surface area contributed by atoms with E-state index in [0.29, 0.717) is 6.54 Å². The molecule has 0 aliphatic carbocycles. The summed E-state index contributed by atoms with van der Waals surface area (Å²) >= 11 is 0. The van der Waals surface area contributed by atoms with E-state index in [1.54, 1.807) is 0 Å². The lowest BCUT2D eigenvalue weighted by Crippen LogP contribution is -2.20. The summed E-state index contributed by atoms with van der Waals surface area (Å²) in [5.74, 6) is 0. The molecule has 15 heavy (non-hydrogen) atoms. The first-order valence-electron chi connectivity index (χ1n) is 5.38. The van der Waals surface area contributed by atoms with E-state index in [2.05, 4.69) is 23.7 Å². The quantitative estimate of drug-likeness (QED) is 0.591. The summed E-state index contributed by atoms with van der Waals surface area (Å²) in [6.07, 6.45) is 1.88. The summed E-state index contributed by atoms with van der Waals surface area (Å²) in [5, 5.41) is 0. The first-order valence-corrected chi connectivity index (χ1v) is 5.38. The van der Waals surface area contributed by atoms with Crippen molar-refractivity contribution in [1.29, 1.82) is 0 Å². The highest BCUT2D eigenvalue weighted by molar-refractivity contribution is 5.63. The zero-order chi connectivity index (χ0) is 11.1. The van der Waals surface area contributed by atoms with Crippen molar-refractivity contribution in [1.82, 2.24) is 4.90 Å². The summed E-state index contributed by atoms with van der Waals surface area (Å²) in [7, 11) is 0. The smallest absolute Gasteiger partial charge is 0.0912 e. The molecule has 0 radical (unpaired) electrons. The molecule has 0 bridgehead atoms. The van der Waals surface area contributed by atoms with E-state index in [1.165, 1.54) is 0 Å². The van der Waals surface area contributed by atoms with Crippen LogP contribution in [0, 0.1) is 0 Å². The van der Waals surface area contributed by atoms with Gasteiger partial charge in [0.05, 0.1) is 12.0 Å². The van der Waals surface area contributed by atoms with E-state index in [0.717, 1.165) is 24.3 Å². The minimum atomic E-state index is 0.533. The zero-order valence-electron chi connectivity index (χ0n) is 9.48. The SMILES string of the molecule is CCN(C=Nc1ccccc1CN)CC. The van der Waals surface area contributed by atoms with Crippen LogP contribution >= 0.6 is 0 Å². The molecule has 0 aromatic heterocycles. The molecule has 0 amide bonds. The van der Waals surface area contributed by atoms with Crippen molar-refractivity contribution in [3.63, 3.8) is 0 Å². The molecule has 0 aliphatic heterocycles. The van der Waals surface area contributed by atoms with Gasteiger partial charge in [-0.15, -0.1) is 0 Å². The Bertz CT molecular complexity index is 316. The van der Waals surface area contributed by atoms with E-state index in [-0.39, 0.29) is 0 Å². The normalized spacial score (nSPS) is 10.9. The highest BCUT2D eigenvalue weighted by atomic mass is 15.1. The second-order valence-corrected chi connectivity index (χ2v) is 3.30. The van der Waals surface area contributed by atoms with Gasteiger partial charge in [0.1, 0.15) is 0 Å². The summed E-state index contributed by atoms with van der Waals surface area (Å²) in [6.45, 7) is 6.72. The molecule has 82 valence electrons. The van der Waals surface area contributed by atoms with Crippen molar-refractivity contribution in [2.24, 2.45) is 10.7 Å². The van der Waals surface area contributed by atoms with Crippen LogP contribution in [0.5, 0.6) is 0 Å². The van der Waals surface area contributed by atoms with Crippen LogP contribution in [0.2, 0.25) is 0 Å². The Kier molecular flexibility index (Phi) is 4.84. The standard InChI is InChI=1S/C12H19N3/c1-3-15(4-2)10-14-12-8-6-5-7-11(12)9-13/h5-8,10H,3-4,9,13H2,1-2H3. The summed E-state index contributed by atoms with van der Waals surface area (Å²) in [5.41, 5.74) is 7.68. The fourth-order valence-electron chi connectivity index (χ4n) is 1.34. The van der Waals surface area contributed by atoms with Crippen LogP contribution in [0.4, 0.5) is 5.69 Å². The lowest BCUT2D eigenvalue weighted by atomic mass is 10.2. The molecular formula is C12H19N3. The molecule has 0 fully saturated rings. The lowest BCUT2D eigenvalue weighted by Gasteiger charge is -2.13. The maximum Gasteiger partial charge on any atom is 0.0912 e. The van der Waals surface area contributed by atoms with Crippen molar-refractivity contribution in [3.8, 4) is 0 Å². The van der Waals surface area contributed by atoms with Gasteiger partial charge < -0.3 is 10.6 Å². The fourth-order valence-corrected chi connectivity index (χ4v) is 1.34. The molecule has 1 aromatic rings. The molecule has 1 rings (SSSR count). The van der Waals surface area contributed by atoms with E-state index < -0.39 is 0 Å². The van der Waals surface area contributed by atoms with Crippen molar-refractivity contribution < 1.29 is 0 Å². The topological polar surface area (TPSA) is 41.6 Å². The average molecular weight is 205 g/mol. The predicted molar refractivity (Wildman–Crippen MR) is 65.4 cm³/mol. The Hall–Kier alpha value is -1.35. The van der Waals surface area contributed by atoms with Gasteiger partial charge in [-0.1, -0.05) is 18.2 Å². The van der Waals surface area contributed by atoms with Crippen LogP contribution < -0.4 is 5.73 Å². The third kappa shape index (κ3) is 3.36. The molecule has 0 unspecified atom stereocenters. The molecule has 0 spiro atoms. The average Bonchev–Trinajstić information content (AvgIpc) is 2.31. The Balaban J connectivity index is 2.78. The minimum Gasteiger partial charge on any atom is -0.363 e. The monoisotopic (exact) mass is 205 g/mol. The minimum absolute atomic E-state index is 0.533. The third-order valence-corrected chi connectivity index (χ3v) is 2.38. The van der Waals surface area contributed by atoms with Crippen LogP contribution in [0.1, 0.15) is 19.4 Å². The van der Waals surface area contributed by atoms with Crippen LogP contribution in [0.3, 0.4) is 0 Å². The lowest BCUT2D eigenvalue weighted by molar-refractivity contribution is 0.480. The van der Waals surface area contributed by atoms with Gasteiger partial charge in [0.2, 0.25) is 0 Å². The number of hydrogen-bond donors (Lipinski definition) is 1. The van der Waals surface area contributed by atoms with Crippen LogP contribution in [0.25, 0.3) is 0 Å². The van der Waals surface area contributed by atoms with Crippen LogP contribution in [-0.4, -0.2) is 24.3 Å². The van der Waals surface area contributed by atoms with Gasteiger partial charge in [-0.05, 0) is 25.5 Å². The summed E-state index contributed by atoms with van der Waals surface area (Å²) in [6, 6.07) is 7.96. The summed E-state index contributed by atoms with van der Waals surface area (Å²) in [4.78, 5) is 6.59. The largest absolute Gasteiger partial charge is 0.363 e. The highest BCUT2D eigenvalue weighted by Gasteiger charge is 1.97. The second kappa shape index (κ2) is 6.19. The number of para-hydroxylation sites is 1. The Morgan fingerprint density at radius 1 is 1.27 bits per heavy atom. The highest BCUT2D eigenvalue weighted by Crippen LogP contribution is 2.17. The molecule has 3 heteroatoms. The Labute approximate surface area is 91.6 Å². The maximum atomic E-state index is 5.63. The molecule has 1 aromatic carbocycles. The molecule has 3 nitrogen and oxygen atoms in total. The Morgan fingerprint density at radius 3 is 2.53 bits per heavy atom. The Morgan fingerprint density at radius 2 is 1.93 bits per heavy atom. The molecule has 2 N–H and O–H groups in total. The maximum absolute atomic E-state index is 5.63. The molecule has 0 heterocycles. The number of hydrogen-bond acceptors (Lipinski definition) is 2. The number of aliphatic imine (C=N–C) groups is 1. The number of nitrogens with two attached hydrogens (primary N) is 1. The number of rotatable bonds is 5. The first-order chi connectivity index (χ1) is 7.31. The molecule has 0 aliphatic rings. The van der Waals surface area contributed by atoms with E-state index >= 15 is 0 Å². The van der Waals surface area contributed by atoms with E-state index in [4.69, 9.17) is 5.73 Å². The zero-order valence-corrected chi connectivity index (χ0v) is 9.48. The van der Waals surface area contributed by atoms with Crippen LogP contribution in [0.15, 0.2) is 29.3 Å². The third-order valence-electron chi connectivity index (χ3n) is 2.38. The second-order valence-electron chi connectivity index (χ2n) is 3.30. The van der Waals surface area contributed by atoms with Gasteiger partial charge in [-0.2, -0.15) is 0 Å². The van der Waals surface area contributed by atoms with Gasteiger partial charge in [0.15, 0.2) is 0 Å². The summed E-state index contributed by atoms with van der Waals surface area (Å²) < 4.78 is 0. The van der Waals surface area contributed by atoms with E-state index in [9.17, 15) is 0 Å². The van der Waals surface area contributed by atoms with Crippen LogP contribution in [-0.2, 0) is 6.54 Å². The van der Waals surface area contributed by atoms with Gasteiger partial charge in [-0.25, -0.2) is 4.99 Å². The van der Waals surface area contributed by atoms with Gasteiger partial charge >= 0.3 is 0 Å². The van der Waals surface area contributed by atoms with Crippen molar-refractivity contribution >= 4 is 12.0 Å². The molecule has 0 saturated carbocycles. The van der Waals surface area contributed by atoms with Crippen molar-refractivity contribution in [3.05, 3.63) is 29.8 Å². The van der Waals surface area contributed by atoms with E-state index in [1.807, 2.05) is 30.6 Å². The number of benzene rings is 1. The predicted octanol–water partition coefficient (Wildman–Crippen LogP) is 2.15. The number of nitrogens with zero attached hydrogens (tertiary/aromatic N) is 2. The van der Waals surface area contributed by atoms with Gasteiger partial charge in [0.25, 0.3) is 0 Å². The van der Waals surface area contributed by atoms with Crippen molar-refractivity contribution in [2.45, 2.75) is 20.4 Å². The molecule has 0 saturated heterocycles. The molecular weight excluding hydrogens is 186 g/mol.